The van der Waals surface area contributed by atoms with Crippen molar-refractivity contribution in [3.8, 4) is 11.4 Å². The average Bonchev–Trinajstić information content (AvgIpc) is 2.86. The van der Waals surface area contributed by atoms with Crippen LogP contribution in [0.25, 0.3) is 5.69 Å². The molecular formula is C14H19N3O. The summed E-state index contributed by atoms with van der Waals surface area (Å²) in [6.07, 6.45) is 3.73. The Bertz CT molecular complexity index is 505. The molecule has 96 valence electrons. The Morgan fingerprint density at radius 1 is 1.39 bits per heavy atom. The van der Waals surface area contributed by atoms with Crippen molar-refractivity contribution in [2.75, 3.05) is 13.2 Å². The molecule has 0 saturated heterocycles. The van der Waals surface area contributed by atoms with Crippen molar-refractivity contribution in [2.45, 2.75) is 19.8 Å². The number of nitrogens with two attached hydrogens (primary N) is 1. The Labute approximate surface area is 107 Å². The average molecular weight is 245 g/mol. The first-order valence-electron chi connectivity index (χ1n) is 6.18. The molecule has 4 heteroatoms. The minimum absolute atomic E-state index is 0.432. The maximum Gasteiger partial charge on any atom is 0.121 e. The molecule has 0 aliphatic heterocycles. The molecule has 2 aromatic rings. The van der Waals surface area contributed by atoms with Crippen LogP contribution in [-0.4, -0.2) is 22.7 Å². The molecule has 0 aliphatic carbocycles. The molecule has 2 rings (SSSR count). The zero-order valence-corrected chi connectivity index (χ0v) is 10.8. The summed E-state index contributed by atoms with van der Waals surface area (Å²) >= 11 is 0. The van der Waals surface area contributed by atoms with Gasteiger partial charge >= 0.3 is 0 Å². The van der Waals surface area contributed by atoms with Crippen LogP contribution >= 0.6 is 0 Å². The lowest BCUT2D eigenvalue weighted by Gasteiger charge is -2.12. The SMILES string of the molecule is CC(C)c1cncn1-c1cccc(OCCN)c1. The summed E-state index contributed by atoms with van der Waals surface area (Å²) < 4.78 is 7.62. The molecule has 0 atom stereocenters. The van der Waals surface area contributed by atoms with Gasteiger partial charge in [0.15, 0.2) is 0 Å². The summed E-state index contributed by atoms with van der Waals surface area (Å²) in [5, 5.41) is 0. The number of ether oxygens (including phenoxy) is 1. The molecule has 0 fully saturated rings. The van der Waals surface area contributed by atoms with Crippen LogP contribution in [0.5, 0.6) is 5.75 Å². The highest BCUT2D eigenvalue weighted by Gasteiger charge is 2.08. The van der Waals surface area contributed by atoms with Crippen LogP contribution < -0.4 is 10.5 Å². The summed E-state index contributed by atoms with van der Waals surface area (Å²) in [5.74, 6) is 1.27. The van der Waals surface area contributed by atoms with Gasteiger partial charge in [-0.25, -0.2) is 4.98 Å². The molecule has 1 aromatic carbocycles. The molecule has 0 aliphatic rings. The van der Waals surface area contributed by atoms with Crippen molar-refractivity contribution in [2.24, 2.45) is 5.73 Å². The van der Waals surface area contributed by atoms with E-state index in [1.807, 2.05) is 36.8 Å². The molecule has 0 spiro atoms. The Hall–Kier alpha value is -1.81. The Morgan fingerprint density at radius 3 is 2.94 bits per heavy atom. The van der Waals surface area contributed by atoms with Crippen molar-refractivity contribution in [1.29, 1.82) is 0 Å². The molecule has 18 heavy (non-hydrogen) atoms. The second-order valence-corrected chi connectivity index (χ2v) is 4.48. The third-order valence-electron chi connectivity index (χ3n) is 2.74. The normalized spacial score (nSPS) is 10.9. The number of hydrogen-bond acceptors (Lipinski definition) is 3. The van der Waals surface area contributed by atoms with Gasteiger partial charge in [0, 0.05) is 24.5 Å². The molecule has 0 unspecified atom stereocenters. The lowest BCUT2D eigenvalue weighted by Crippen LogP contribution is -2.10. The van der Waals surface area contributed by atoms with Crippen LogP contribution in [0.15, 0.2) is 36.8 Å². The maximum absolute atomic E-state index is 5.54. The van der Waals surface area contributed by atoms with Gasteiger partial charge < -0.3 is 15.0 Å². The quantitative estimate of drug-likeness (QED) is 0.879. The van der Waals surface area contributed by atoms with E-state index in [0.717, 1.165) is 11.4 Å². The van der Waals surface area contributed by atoms with Crippen molar-refractivity contribution >= 4 is 0 Å². The molecule has 4 nitrogen and oxygen atoms in total. The number of benzene rings is 1. The van der Waals surface area contributed by atoms with E-state index in [4.69, 9.17) is 10.5 Å². The number of nitrogens with zero attached hydrogens (tertiary/aromatic N) is 2. The van der Waals surface area contributed by atoms with E-state index in [0.29, 0.717) is 19.1 Å². The topological polar surface area (TPSA) is 53.1 Å². The molecule has 0 saturated carbocycles. The summed E-state index contributed by atoms with van der Waals surface area (Å²) in [5.41, 5.74) is 7.68. The Kier molecular flexibility index (Phi) is 3.99. The Balaban J connectivity index is 2.29. The highest BCUT2D eigenvalue weighted by atomic mass is 16.5. The standard InChI is InChI=1S/C14H19N3O/c1-11(2)14-9-16-10-17(14)12-4-3-5-13(8-12)18-7-6-15/h3-5,8-11H,6-7,15H2,1-2H3. The minimum atomic E-state index is 0.432. The summed E-state index contributed by atoms with van der Waals surface area (Å²) in [7, 11) is 0. The van der Waals surface area contributed by atoms with Gasteiger partial charge in [0.1, 0.15) is 12.4 Å². The van der Waals surface area contributed by atoms with Crippen LogP contribution in [0.2, 0.25) is 0 Å². The van der Waals surface area contributed by atoms with Crippen LogP contribution in [0, 0.1) is 0 Å². The monoisotopic (exact) mass is 245 g/mol. The van der Waals surface area contributed by atoms with E-state index >= 15 is 0 Å². The lowest BCUT2D eigenvalue weighted by atomic mass is 10.1. The van der Waals surface area contributed by atoms with Gasteiger partial charge in [0.2, 0.25) is 0 Å². The van der Waals surface area contributed by atoms with Crippen LogP contribution in [0.1, 0.15) is 25.5 Å². The fourth-order valence-corrected chi connectivity index (χ4v) is 1.85. The third kappa shape index (κ3) is 2.71. The fourth-order valence-electron chi connectivity index (χ4n) is 1.85. The first kappa shape index (κ1) is 12.6. The first-order chi connectivity index (χ1) is 8.72. The second-order valence-electron chi connectivity index (χ2n) is 4.48. The van der Waals surface area contributed by atoms with Crippen LogP contribution in [-0.2, 0) is 0 Å². The zero-order chi connectivity index (χ0) is 13.0. The predicted octanol–water partition coefficient (Wildman–Crippen LogP) is 2.33. The van der Waals surface area contributed by atoms with Crippen molar-refractivity contribution < 1.29 is 4.74 Å². The van der Waals surface area contributed by atoms with Crippen LogP contribution in [0.4, 0.5) is 0 Å². The van der Waals surface area contributed by atoms with E-state index in [1.165, 1.54) is 5.69 Å². The van der Waals surface area contributed by atoms with Crippen molar-refractivity contribution in [1.82, 2.24) is 9.55 Å². The van der Waals surface area contributed by atoms with Gasteiger partial charge in [-0.15, -0.1) is 0 Å². The van der Waals surface area contributed by atoms with Crippen molar-refractivity contribution in [3.05, 3.63) is 42.5 Å². The molecule has 0 amide bonds. The maximum atomic E-state index is 5.54. The summed E-state index contributed by atoms with van der Waals surface area (Å²) in [6.45, 7) is 5.36. The third-order valence-corrected chi connectivity index (χ3v) is 2.74. The number of rotatable bonds is 5. The van der Waals surface area contributed by atoms with Gasteiger partial charge in [-0.2, -0.15) is 0 Å². The molecule has 1 aromatic heterocycles. The second kappa shape index (κ2) is 5.69. The lowest BCUT2D eigenvalue weighted by molar-refractivity contribution is 0.328. The summed E-state index contributed by atoms with van der Waals surface area (Å²) in [6, 6.07) is 7.96. The first-order valence-corrected chi connectivity index (χ1v) is 6.18. The van der Waals surface area contributed by atoms with E-state index in [-0.39, 0.29) is 0 Å². The van der Waals surface area contributed by atoms with E-state index in [9.17, 15) is 0 Å². The van der Waals surface area contributed by atoms with Crippen LogP contribution in [0.3, 0.4) is 0 Å². The van der Waals surface area contributed by atoms with Gasteiger partial charge in [-0.05, 0) is 18.1 Å². The summed E-state index contributed by atoms with van der Waals surface area (Å²) in [4.78, 5) is 4.21. The number of aromatic nitrogens is 2. The smallest absolute Gasteiger partial charge is 0.121 e. The molecular weight excluding hydrogens is 226 g/mol. The van der Waals surface area contributed by atoms with Gasteiger partial charge in [0.05, 0.1) is 12.0 Å². The molecule has 0 radical (unpaired) electrons. The van der Waals surface area contributed by atoms with Crippen molar-refractivity contribution in [3.63, 3.8) is 0 Å². The minimum Gasteiger partial charge on any atom is -0.492 e. The van der Waals surface area contributed by atoms with E-state index in [1.54, 1.807) is 0 Å². The number of hydrogen-bond donors (Lipinski definition) is 1. The predicted molar refractivity (Wildman–Crippen MR) is 72.2 cm³/mol. The molecule has 0 bridgehead atoms. The zero-order valence-electron chi connectivity index (χ0n) is 10.8. The van der Waals surface area contributed by atoms with E-state index in [2.05, 4.69) is 23.4 Å². The largest absolute Gasteiger partial charge is 0.492 e. The van der Waals surface area contributed by atoms with Gasteiger partial charge in [-0.1, -0.05) is 19.9 Å². The number of imidazole rings is 1. The molecule has 2 N–H and O–H groups in total. The molecule has 1 heterocycles. The fraction of sp³-hybridized carbons (Fsp3) is 0.357. The van der Waals surface area contributed by atoms with Gasteiger partial charge in [0.25, 0.3) is 0 Å². The van der Waals surface area contributed by atoms with E-state index < -0.39 is 0 Å². The van der Waals surface area contributed by atoms with Gasteiger partial charge in [-0.3, -0.25) is 0 Å². The Morgan fingerprint density at radius 2 is 2.22 bits per heavy atom. The highest BCUT2D eigenvalue weighted by molar-refractivity contribution is 5.40. The highest BCUT2D eigenvalue weighted by Crippen LogP contribution is 2.21.